The molecule has 1 N–H and O–H groups in total. The Kier molecular flexibility index (Phi) is 5.10. The van der Waals surface area contributed by atoms with Crippen molar-refractivity contribution in [3.8, 4) is 5.75 Å². The van der Waals surface area contributed by atoms with Crippen molar-refractivity contribution in [1.82, 2.24) is 4.98 Å². The zero-order valence-corrected chi connectivity index (χ0v) is 13.6. The SMILES string of the molecule is FC(F)(F)Oc1cccc(NCc2ncc(Br)cc2Br)c1. The Bertz CT molecular complexity index is 635. The number of halogens is 5. The fourth-order valence-electron chi connectivity index (χ4n) is 1.56. The molecule has 0 saturated carbocycles. The molecular formula is C13H9Br2F3N2O. The number of pyridine rings is 1. The molecule has 0 spiro atoms. The molecule has 0 unspecified atom stereocenters. The first-order valence-electron chi connectivity index (χ1n) is 5.73. The molecule has 0 fully saturated rings. The van der Waals surface area contributed by atoms with Crippen LogP contribution in [0, 0.1) is 0 Å². The summed E-state index contributed by atoms with van der Waals surface area (Å²) >= 11 is 6.66. The molecule has 0 bridgehead atoms. The van der Waals surface area contributed by atoms with Gasteiger partial charge in [-0.05, 0) is 50.1 Å². The third-order valence-electron chi connectivity index (χ3n) is 2.41. The van der Waals surface area contributed by atoms with Crippen molar-refractivity contribution in [2.45, 2.75) is 12.9 Å². The normalized spacial score (nSPS) is 11.3. The summed E-state index contributed by atoms with van der Waals surface area (Å²) in [5, 5.41) is 2.99. The van der Waals surface area contributed by atoms with Crippen LogP contribution in [0.2, 0.25) is 0 Å². The number of ether oxygens (including phenoxy) is 1. The Balaban J connectivity index is 2.05. The number of anilines is 1. The summed E-state index contributed by atoms with van der Waals surface area (Å²) in [4.78, 5) is 4.21. The van der Waals surface area contributed by atoms with Crippen LogP contribution in [0.25, 0.3) is 0 Å². The number of nitrogens with zero attached hydrogens (tertiary/aromatic N) is 1. The Hall–Kier alpha value is -1.28. The molecule has 1 aromatic carbocycles. The van der Waals surface area contributed by atoms with E-state index in [4.69, 9.17) is 0 Å². The highest BCUT2D eigenvalue weighted by molar-refractivity contribution is 9.11. The topological polar surface area (TPSA) is 34.1 Å². The monoisotopic (exact) mass is 424 g/mol. The van der Waals surface area contributed by atoms with Crippen molar-refractivity contribution < 1.29 is 17.9 Å². The van der Waals surface area contributed by atoms with Crippen molar-refractivity contribution in [1.29, 1.82) is 0 Å². The zero-order valence-electron chi connectivity index (χ0n) is 10.4. The second-order valence-corrected chi connectivity index (χ2v) is 5.78. The number of benzene rings is 1. The lowest BCUT2D eigenvalue weighted by Gasteiger charge is -2.11. The number of alkyl halides is 3. The van der Waals surface area contributed by atoms with Crippen LogP contribution >= 0.6 is 31.9 Å². The van der Waals surface area contributed by atoms with Gasteiger partial charge in [0, 0.05) is 26.9 Å². The second kappa shape index (κ2) is 6.65. The van der Waals surface area contributed by atoms with Gasteiger partial charge >= 0.3 is 6.36 Å². The summed E-state index contributed by atoms with van der Waals surface area (Å²) < 4.78 is 41.9. The highest BCUT2D eigenvalue weighted by Crippen LogP contribution is 2.26. The van der Waals surface area contributed by atoms with Gasteiger partial charge < -0.3 is 10.1 Å². The highest BCUT2D eigenvalue weighted by atomic mass is 79.9. The summed E-state index contributed by atoms with van der Waals surface area (Å²) in [6.07, 6.45) is -3.06. The molecule has 0 aliphatic heterocycles. The molecule has 1 aromatic heterocycles. The molecule has 2 rings (SSSR count). The van der Waals surface area contributed by atoms with Crippen LogP contribution in [0.5, 0.6) is 5.75 Å². The predicted molar refractivity (Wildman–Crippen MR) is 80.1 cm³/mol. The van der Waals surface area contributed by atoms with Gasteiger partial charge in [0.2, 0.25) is 0 Å². The molecule has 3 nitrogen and oxygen atoms in total. The average Bonchev–Trinajstić information content (AvgIpc) is 2.36. The minimum Gasteiger partial charge on any atom is -0.406 e. The lowest BCUT2D eigenvalue weighted by atomic mass is 10.3. The van der Waals surface area contributed by atoms with Crippen LogP contribution in [-0.4, -0.2) is 11.3 Å². The van der Waals surface area contributed by atoms with Gasteiger partial charge in [-0.3, -0.25) is 4.98 Å². The standard InChI is InChI=1S/C13H9Br2F3N2O/c14-8-4-11(15)12(20-6-8)7-19-9-2-1-3-10(5-9)21-13(16,17)18/h1-6,19H,7H2. The third kappa shape index (κ3) is 5.20. The maximum atomic E-state index is 12.2. The van der Waals surface area contributed by atoms with E-state index in [0.29, 0.717) is 12.2 Å². The van der Waals surface area contributed by atoms with Crippen LogP contribution in [0.3, 0.4) is 0 Å². The van der Waals surface area contributed by atoms with Gasteiger partial charge in [0.1, 0.15) is 5.75 Å². The van der Waals surface area contributed by atoms with Crippen molar-refractivity contribution in [2.24, 2.45) is 0 Å². The average molecular weight is 426 g/mol. The minimum atomic E-state index is -4.70. The maximum Gasteiger partial charge on any atom is 0.573 e. The molecule has 112 valence electrons. The largest absolute Gasteiger partial charge is 0.573 e. The summed E-state index contributed by atoms with van der Waals surface area (Å²) in [6, 6.07) is 7.49. The van der Waals surface area contributed by atoms with Gasteiger partial charge in [0.25, 0.3) is 0 Å². The third-order valence-corrected chi connectivity index (χ3v) is 3.53. The van der Waals surface area contributed by atoms with E-state index in [1.54, 1.807) is 12.3 Å². The Morgan fingerprint density at radius 3 is 2.62 bits per heavy atom. The molecule has 0 atom stereocenters. The smallest absolute Gasteiger partial charge is 0.406 e. The van der Waals surface area contributed by atoms with Crippen molar-refractivity contribution in [3.63, 3.8) is 0 Å². The van der Waals surface area contributed by atoms with E-state index in [0.717, 1.165) is 14.6 Å². The number of rotatable bonds is 4. The first-order chi connectivity index (χ1) is 9.83. The molecule has 0 radical (unpaired) electrons. The quantitative estimate of drug-likeness (QED) is 0.738. The van der Waals surface area contributed by atoms with E-state index in [9.17, 15) is 13.2 Å². The van der Waals surface area contributed by atoms with Gasteiger partial charge in [-0.15, -0.1) is 13.2 Å². The van der Waals surface area contributed by atoms with Gasteiger partial charge in [0.15, 0.2) is 0 Å². The van der Waals surface area contributed by atoms with Crippen molar-refractivity contribution in [2.75, 3.05) is 5.32 Å². The van der Waals surface area contributed by atoms with Crippen LogP contribution in [0.15, 0.2) is 45.5 Å². The number of hydrogen-bond donors (Lipinski definition) is 1. The second-order valence-electron chi connectivity index (χ2n) is 4.01. The molecule has 0 aliphatic carbocycles. The fraction of sp³-hybridized carbons (Fsp3) is 0.154. The highest BCUT2D eigenvalue weighted by Gasteiger charge is 2.31. The molecule has 2 aromatic rings. The van der Waals surface area contributed by atoms with E-state index in [2.05, 4.69) is 46.9 Å². The lowest BCUT2D eigenvalue weighted by molar-refractivity contribution is -0.274. The summed E-state index contributed by atoms with van der Waals surface area (Å²) in [5.41, 5.74) is 1.24. The first kappa shape index (κ1) is 16.1. The summed E-state index contributed by atoms with van der Waals surface area (Å²) in [5.74, 6) is -0.268. The van der Waals surface area contributed by atoms with Gasteiger partial charge in [-0.2, -0.15) is 0 Å². The number of aromatic nitrogens is 1. The lowest BCUT2D eigenvalue weighted by Crippen LogP contribution is -2.17. The number of hydrogen-bond acceptors (Lipinski definition) is 3. The Labute approximate surface area is 135 Å². The fourth-order valence-corrected chi connectivity index (χ4v) is 2.69. The minimum absolute atomic E-state index is 0.268. The van der Waals surface area contributed by atoms with Gasteiger partial charge in [0.05, 0.1) is 12.2 Å². The van der Waals surface area contributed by atoms with Gasteiger partial charge in [-0.1, -0.05) is 6.07 Å². The van der Waals surface area contributed by atoms with E-state index in [-0.39, 0.29) is 5.75 Å². The van der Waals surface area contributed by atoms with Crippen molar-refractivity contribution >= 4 is 37.5 Å². The van der Waals surface area contributed by atoms with Crippen LogP contribution in [0.4, 0.5) is 18.9 Å². The van der Waals surface area contributed by atoms with E-state index < -0.39 is 6.36 Å². The first-order valence-corrected chi connectivity index (χ1v) is 7.32. The van der Waals surface area contributed by atoms with E-state index in [1.165, 1.54) is 18.2 Å². The Morgan fingerprint density at radius 1 is 1.19 bits per heavy atom. The molecule has 1 heterocycles. The van der Waals surface area contributed by atoms with Crippen molar-refractivity contribution in [3.05, 3.63) is 51.2 Å². The molecule has 0 saturated heterocycles. The maximum absolute atomic E-state index is 12.2. The zero-order chi connectivity index (χ0) is 15.5. The Morgan fingerprint density at radius 2 is 1.95 bits per heavy atom. The van der Waals surface area contributed by atoms with Gasteiger partial charge in [-0.25, -0.2) is 0 Å². The molecule has 0 aliphatic rings. The van der Waals surface area contributed by atoms with Crippen LogP contribution < -0.4 is 10.1 Å². The molecular weight excluding hydrogens is 417 g/mol. The molecule has 0 amide bonds. The van der Waals surface area contributed by atoms with Crippen LogP contribution in [0.1, 0.15) is 5.69 Å². The summed E-state index contributed by atoms with van der Waals surface area (Å²) in [7, 11) is 0. The number of nitrogens with one attached hydrogen (secondary N) is 1. The molecule has 21 heavy (non-hydrogen) atoms. The molecule has 8 heteroatoms. The predicted octanol–water partition coefficient (Wildman–Crippen LogP) is 5.12. The van der Waals surface area contributed by atoms with E-state index in [1.807, 2.05) is 6.07 Å². The van der Waals surface area contributed by atoms with E-state index >= 15 is 0 Å². The van der Waals surface area contributed by atoms with Crippen LogP contribution in [-0.2, 0) is 6.54 Å². The summed E-state index contributed by atoms with van der Waals surface area (Å²) in [6.45, 7) is 0.364.